The molecule has 1 atom stereocenters. The van der Waals surface area contributed by atoms with Crippen LogP contribution in [0.4, 0.5) is 4.39 Å². The Kier molecular flexibility index (Phi) is 3.49. The number of hydrogen-bond acceptors (Lipinski definition) is 5. The standard InChI is InChI=1S/C18H13FN2O4/c1-9-6-7-12(24-9)15-14-16(21-18(23)20-15)13(25-17(14)22)8-10-4-2-3-5-11(10)19/h2-7,13H,8H2,1H3,(H,20,21,23). The molecule has 0 aliphatic carbocycles. The van der Waals surface area contributed by atoms with Crippen LogP contribution in [0.5, 0.6) is 0 Å². The normalized spacial score (nSPS) is 15.9. The molecule has 2 aromatic heterocycles. The van der Waals surface area contributed by atoms with E-state index in [1.54, 1.807) is 37.3 Å². The van der Waals surface area contributed by atoms with Gasteiger partial charge in [-0.3, -0.25) is 0 Å². The maximum Gasteiger partial charge on any atom is 0.345 e. The van der Waals surface area contributed by atoms with Crippen molar-refractivity contribution >= 4 is 5.97 Å². The van der Waals surface area contributed by atoms with Crippen molar-refractivity contribution in [1.29, 1.82) is 0 Å². The van der Waals surface area contributed by atoms with Crippen molar-refractivity contribution in [3.8, 4) is 11.5 Å². The smallest absolute Gasteiger partial charge is 0.345 e. The number of aromatic nitrogens is 2. The summed E-state index contributed by atoms with van der Waals surface area (Å²) < 4.78 is 24.7. The van der Waals surface area contributed by atoms with Gasteiger partial charge in [0, 0.05) is 6.42 Å². The largest absolute Gasteiger partial charge is 0.460 e. The summed E-state index contributed by atoms with van der Waals surface area (Å²) in [5.74, 6) is -0.0853. The van der Waals surface area contributed by atoms with Crippen molar-refractivity contribution in [2.24, 2.45) is 0 Å². The summed E-state index contributed by atoms with van der Waals surface area (Å²) in [6.07, 6.45) is -0.674. The molecule has 0 amide bonds. The van der Waals surface area contributed by atoms with E-state index in [9.17, 15) is 14.0 Å². The van der Waals surface area contributed by atoms with Crippen LogP contribution in [-0.2, 0) is 11.2 Å². The van der Waals surface area contributed by atoms with Crippen LogP contribution in [-0.4, -0.2) is 15.9 Å². The fourth-order valence-electron chi connectivity index (χ4n) is 2.93. The van der Waals surface area contributed by atoms with Crippen molar-refractivity contribution in [3.63, 3.8) is 0 Å². The molecule has 1 aliphatic rings. The third-order valence-corrected chi connectivity index (χ3v) is 4.07. The number of fused-ring (bicyclic) bond motifs is 1. The zero-order valence-corrected chi connectivity index (χ0v) is 13.2. The van der Waals surface area contributed by atoms with E-state index in [1.807, 2.05) is 0 Å². The van der Waals surface area contributed by atoms with Crippen LogP contribution in [0.15, 0.2) is 45.6 Å². The predicted molar refractivity (Wildman–Crippen MR) is 85.6 cm³/mol. The second-order valence-corrected chi connectivity index (χ2v) is 5.78. The first kappa shape index (κ1) is 15.3. The number of benzene rings is 1. The number of aromatic amines is 1. The maximum atomic E-state index is 13.9. The molecule has 0 radical (unpaired) electrons. The lowest BCUT2D eigenvalue weighted by Gasteiger charge is -2.11. The van der Waals surface area contributed by atoms with E-state index < -0.39 is 23.6 Å². The Morgan fingerprint density at radius 2 is 2.00 bits per heavy atom. The fraction of sp³-hybridized carbons (Fsp3) is 0.167. The second-order valence-electron chi connectivity index (χ2n) is 5.78. The minimum absolute atomic E-state index is 0.113. The van der Waals surface area contributed by atoms with Crippen LogP contribution >= 0.6 is 0 Å². The number of ether oxygens (including phenoxy) is 1. The van der Waals surface area contributed by atoms with Crippen LogP contribution in [0.2, 0.25) is 0 Å². The second kappa shape index (κ2) is 5.70. The summed E-state index contributed by atoms with van der Waals surface area (Å²) in [7, 11) is 0. The first-order chi connectivity index (χ1) is 12.0. The van der Waals surface area contributed by atoms with E-state index in [4.69, 9.17) is 9.15 Å². The van der Waals surface area contributed by atoms with Gasteiger partial charge in [-0.2, -0.15) is 4.98 Å². The van der Waals surface area contributed by atoms with Crippen molar-refractivity contribution in [2.45, 2.75) is 19.4 Å². The molecule has 0 saturated heterocycles. The minimum Gasteiger partial charge on any atom is -0.460 e. The highest BCUT2D eigenvalue weighted by molar-refractivity contribution is 5.99. The summed E-state index contributed by atoms with van der Waals surface area (Å²) in [5.41, 5.74) is 0.335. The van der Waals surface area contributed by atoms with Gasteiger partial charge in [-0.15, -0.1) is 0 Å². The molecular formula is C18H13FN2O4. The average molecular weight is 340 g/mol. The lowest BCUT2D eigenvalue weighted by Crippen LogP contribution is -2.17. The molecule has 25 heavy (non-hydrogen) atoms. The molecule has 4 rings (SSSR count). The Morgan fingerprint density at radius 1 is 1.20 bits per heavy atom. The Labute approximate surface area is 141 Å². The van der Waals surface area contributed by atoms with Gasteiger partial charge in [-0.1, -0.05) is 18.2 Å². The molecule has 1 N–H and O–H groups in total. The lowest BCUT2D eigenvalue weighted by molar-refractivity contribution is 0.0380. The third kappa shape index (κ3) is 2.63. The van der Waals surface area contributed by atoms with Gasteiger partial charge in [0.05, 0.1) is 5.69 Å². The summed E-state index contributed by atoms with van der Waals surface area (Å²) in [6, 6.07) is 9.56. The van der Waals surface area contributed by atoms with Gasteiger partial charge >= 0.3 is 11.7 Å². The van der Waals surface area contributed by atoms with Crippen molar-refractivity contribution in [3.05, 3.63) is 75.3 Å². The van der Waals surface area contributed by atoms with Gasteiger partial charge < -0.3 is 14.1 Å². The van der Waals surface area contributed by atoms with Crippen molar-refractivity contribution in [2.75, 3.05) is 0 Å². The molecule has 1 aromatic carbocycles. The minimum atomic E-state index is -0.787. The van der Waals surface area contributed by atoms with Crippen LogP contribution in [0, 0.1) is 12.7 Å². The van der Waals surface area contributed by atoms with Crippen LogP contribution in [0.25, 0.3) is 11.5 Å². The summed E-state index contributed by atoms with van der Waals surface area (Å²) in [4.78, 5) is 30.7. The summed E-state index contributed by atoms with van der Waals surface area (Å²) in [5, 5.41) is 0. The SMILES string of the molecule is Cc1ccc(-c2nc(=O)[nH]c3c2C(=O)OC3Cc2ccccc2F)o1. The number of furan rings is 1. The van der Waals surface area contributed by atoms with Crippen LogP contribution in [0.1, 0.15) is 33.5 Å². The molecule has 1 aliphatic heterocycles. The fourth-order valence-corrected chi connectivity index (χ4v) is 2.93. The molecule has 6 nitrogen and oxygen atoms in total. The van der Waals surface area contributed by atoms with E-state index >= 15 is 0 Å². The van der Waals surface area contributed by atoms with Crippen molar-refractivity contribution < 1.29 is 18.3 Å². The number of cyclic esters (lactones) is 1. The number of rotatable bonds is 3. The highest BCUT2D eigenvalue weighted by Gasteiger charge is 2.37. The molecule has 0 bridgehead atoms. The van der Waals surface area contributed by atoms with Gasteiger partial charge in [0.2, 0.25) is 0 Å². The zero-order chi connectivity index (χ0) is 17.6. The molecule has 0 saturated carbocycles. The van der Waals surface area contributed by atoms with Crippen LogP contribution < -0.4 is 5.69 Å². The van der Waals surface area contributed by atoms with Gasteiger partial charge in [0.1, 0.15) is 28.9 Å². The molecule has 1 unspecified atom stereocenters. The highest BCUT2D eigenvalue weighted by Crippen LogP contribution is 2.36. The number of carbonyl (C=O) groups is 1. The van der Waals surface area contributed by atoms with Gasteiger partial charge in [0.15, 0.2) is 5.76 Å². The lowest BCUT2D eigenvalue weighted by atomic mass is 10.0. The predicted octanol–water partition coefficient (Wildman–Crippen LogP) is 2.93. The summed E-state index contributed by atoms with van der Waals surface area (Å²) in [6.45, 7) is 1.75. The van der Waals surface area contributed by atoms with Crippen LogP contribution in [0.3, 0.4) is 0 Å². The average Bonchev–Trinajstić information content (AvgIpc) is 3.13. The van der Waals surface area contributed by atoms with Gasteiger partial charge in [-0.05, 0) is 30.7 Å². The maximum absolute atomic E-state index is 13.9. The molecule has 3 aromatic rings. The highest BCUT2D eigenvalue weighted by atomic mass is 19.1. The summed E-state index contributed by atoms with van der Waals surface area (Å²) >= 11 is 0. The zero-order valence-electron chi connectivity index (χ0n) is 13.2. The van der Waals surface area contributed by atoms with E-state index in [0.717, 1.165) is 0 Å². The van der Waals surface area contributed by atoms with Gasteiger partial charge in [0.25, 0.3) is 0 Å². The van der Waals surface area contributed by atoms with E-state index in [0.29, 0.717) is 17.1 Å². The molecule has 0 fully saturated rings. The Balaban J connectivity index is 1.81. The molecule has 0 spiro atoms. The topological polar surface area (TPSA) is 85.2 Å². The third-order valence-electron chi connectivity index (χ3n) is 4.07. The number of halogens is 1. The van der Waals surface area contributed by atoms with Gasteiger partial charge in [-0.25, -0.2) is 14.0 Å². The Morgan fingerprint density at radius 3 is 2.72 bits per heavy atom. The number of aryl methyl sites for hydroxylation is 1. The number of H-pyrrole nitrogens is 1. The molecule has 3 heterocycles. The Bertz CT molecular complexity index is 1040. The molecule has 126 valence electrons. The van der Waals surface area contributed by atoms with Crippen molar-refractivity contribution in [1.82, 2.24) is 9.97 Å². The number of nitrogens with one attached hydrogen (secondary N) is 1. The number of nitrogens with zero attached hydrogens (tertiary/aromatic N) is 1. The van der Waals surface area contributed by atoms with E-state index in [1.165, 1.54) is 6.07 Å². The first-order valence-electron chi connectivity index (χ1n) is 7.68. The molecule has 7 heteroatoms. The monoisotopic (exact) mass is 340 g/mol. The number of carbonyl (C=O) groups excluding carboxylic acids is 1. The van der Waals surface area contributed by atoms with E-state index in [-0.39, 0.29) is 23.4 Å². The van der Waals surface area contributed by atoms with E-state index in [2.05, 4.69) is 9.97 Å². The molecular weight excluding hydrogens is 327 g/mol. The Hall–Kier alpha value is -3.22. The number of esters is 1. The number of hydrogen-bond donors (Lipinski definition) is 1. The first-order valence-corrected chi connectivity index (χ1v) is 7.68. The quantitative estimate of drug-likeness (QED) is 0.741.